The molecular formula is C30H28FN7O3. The Labute approximate surface area is 236 Å². The summed E-state index contributed by atoms with van der Waals surface area (Å²) < 4.78 is 20.0. The molecule has 10 nitrogen and oxygen atoms in total. The molecule has 3 heterocycles. The highest BCUT2D eigenvalue weighted by atomic mass is 19.1. The standard InChI is InChI=1S/C30H28FN7O3/c1-18-16-38(21(17-39)14-35-18)26-12-19(22-15-33-10-8-20(22)13-32)6-7-24(26)37-30(40)25-9-11-34-29(36-25)28-23(31)4-3-5-27(28)41-2/h3-12,15,18,21,35,39H,14,16-17H2,1-2H3,(H,37,40)/t18-,21+/m1/s1. The first-order valence-electron chi connectivity index (χ1n) is 13.0. The summed E-state index contributed by atoms with van der Waals surface area (Å²) in [6.07, 6.45) is 4.57. The first kappa shape index (κ1) is 27.6. The largest absolute Gasteiger partial charge is 0.496 e. The number of carbonyl (C=O) groups excluding carboxylic acids is 1. The number of halogens is 1. The fourth-order valence-electron chi connectivity index (χ4n) is 4.86. The molecule has 0 bridgehead atoms. The summed E-state index contributed by atoms with van der Waals surface area (Å²) in [5.41, 5.74) is 3.09. The first-order valence-corrected chi connectivity index (χ1v) is 13.0. The average Bonchev–Trinajstić information content (AvgIpc) is 3.01. The van der Waals surface area contributed by atoms with Gasteiger partial charge >= 0.3 is 0 Å². The average molecular weight is 554 g/mol. The number of nitrogens with one attached hydrogen (secondary N) is 2. The van der Waals surface area contributed by atoms with Crippen LogP contribution in [0.15, 0.2) is 67.1 Å². The molecule has 0 unspecified atom stereocenters. The van der Waals surface area contributed by atoms with Gasteiger partial charge in [0.15, 0.2) is 5.82 Å². The molecule has 3 N–H and O–H groups in total. The number of benzene rings is 2. The summed E-state index contributed by atoms with van der Waals surface area (Å²) in [5, 5.41) is 26.1. The summed E-state index contributed by atoms with van der Waals surface area (Å²) in [6.45, 7) is 3.05. The van der Waals surface area contributed by atoms with Crippen molar-refractivity contribution >= 4 is 17.3 Å². The molecule has 5 rings (SSSR count). The Kier molecular flexibility index (Phi) is 8.14. The summed E-state index contributed by atoms with van der Waals surface area (Å²) in [7, 11) is 1.42. The molecule has 2 atom stereocenters. The lowest BCUT2D eigenvalue weighted by molar-refractivity contribution is 0.102. The highest BCUT2D eigenvalue weighted by Gasteiger charge is 2.28. The number of ether oxygens (including phenoxy) is 1. The van der Waals surface area contributed by atoms with Crippen LogP contribution in [0.25, 0.3) is 22.5 Å². The maximum Gasteiger partial charge on any atom is 0.274 e. The van der Waals surface area contributed by atoms with Crippen LogP contribution in [0, 0.1) is 17.1 Å². The fraction of sp³-hybridized carbons (Fsp3) is 0.233. The number of aromatic nitrogens is 3. The van der Waals surface area contributed by atoms with Gasteiger partial charge in [-0.3, -0.25) is 9.78 Å². The van der Waals surface area contributed by atoms with Crippen molar-refractivity contribution in [1.82, 2.24) is 20.3 Å². The van der Waals surface area contributed by atoms with Crippen molar-refractivity contribution in [2.45, 2.75) is 19.0 Å². The Hall–Kier alpha value is -4.92. The minimum absolute atomic E-state index is 0.0139. The normalized spacial score (nSPS) is 16.6. The van der Waals surface area contributed by atoms with Crippen LogP contribution in [0.2, 0.25) is 0 Å². The SMILES string of the molecule is COc1cccc(F)c1-c1nccc(C(=O)Nc2ccc(-c3cnccc3C#N)cc2N2C[C@@H](C)NC[C@H]2CO)n1. The van der Waals surface area contributed by atoms with E-state index in [0.717, 1.165) is 5.56 Å². The zero-order valence-corrected chi connectivity index (χ0v) is 22.5. The number of anilines is 2. The summed E-state index contributed by atoms with van der Waals surface area (Å²) in [6, 6.07) is 15.0. The van der Waals surface area contributed by atoms with Crippen molar-refractivity contribution < 1.29 is 19.0 Å². The quantitative estimate of drug-likeness (QED) is 0.313. The van der Waals surface area contributed by atoms with Crippen LogP contribution in [0.3, 0.4) is 0 Å². The predicted molar refractivity (Wildman–Crippen MR) is 152 cm³/mol. The maximum absolute atomic E-state index is 14.7. The van der Waals surface area contributed by atoms with Crippen LogP contribution in [0.1, 0.15) is 23.0 Å². The summed E-state index contributed by atoms with van der Waals surface area (Å²) in [5.74, 6) is -0.842. The zero-order chi connectivity index (χ0) is 28.9. The number of aliphatic hydroxyl groups is 1. The third-order valence-electron chi connectivity index (χ3n) is 6.94. The third kappa shape index (κ3) is 5.70. The molecule has 4 aromatic rings. The predicted octanol–water partition coefficient (Wildman–Crippen LogP) is 3.64. The number of piperazine rings is 1. The molecule has 11 heteroatoms. The van der Waals surface area contributed by atoms with Crippen LogP contribution < -0.4 is 20.3 Å². The smallest absolute Gasteiger partial charge is 0.274 e. The lowest BCUT2D eigenvalue weighted by Crippen LogP contribution is -2.57. The number of methoxy groups -OCH3 is 1. The van der Waals surface area contributed by atoms with E-state index in [2.05, 4.69) is 31.7 Å². The number of hydrogen-bond donors (Lipinski definition) is 3. The number of hydrogen-bond acceptors (Lipinski definition) is 9. The van der Waals surface area contributed by atoms with E-state index in [1.165, 1.54) is 31.5 Å². The molecule has 0 aliphatic carbocycles. The number of nitrogens with zero attached hydrogens (tertiary/aromatic N) is 5. The van der Waals surface area contributed by atoms with E-state index in [4.69, 9.17) is 4.74 Å². The van der Waals surface area contributed by atoms with E-state index in [1.54, 1.807) is 36.7 Å². The second kappa shape index (κ2) is 12.1. The van der Waals surface area contributed by atoms with E-state index in [1.807, 2.05) is 17.9 Å². The van der Waals surface area contributed by atoms with Gasteiger partial charge in [-0.15, -0.1) is 0 Å². The third-order valence-corrected chi connectivity index (χ3v) is 6.94. The molecule has 0 spiro atoms. The van der Waals surface area contributed by atoms with Crippen LogP contribution in [0.5, 0.6) is 5.75 Å². The Morgan fingerprint density at radius 1 is 1.27 bits per heavy atom. The molecule has 208 valence electrons. The van der Waals surface area contributed by atoms with Gasteiger partial charge in [-0.1, -0.05) is 12.1 Å². The molecule has 0 radical (unpaired) electrons. The van der Waals surface area contributed by atoms with Crippen molar-refractivity contribution in [3.8, 4) is 34.3 Å². The Morgan fingerprint density at radius 3 is 2.90 bits per heavy atom. The topological polar surface area (TPSA) is 136 Å². The summed E-state index contributed by atoms with van der Waals surface area (Å²) >= 11 is 0. The van der Waals surface area contributed by atoms with Crippen molar-refractivity contribution in [1.29, 1.82) is 5.26 Å². The Bertz CT molecular complexity index is 1620. The molecule has 1 saturated heterocycles. The van der Waals surface area contributed by atoms with Crippen LogP contribution in [0.4, 0.5) is 15.8 Å². The maximum atomic E-state index is 14.7. The van der Waals surface area contributed by atoms with Gasteiger partial charge < -0.3 is 25.4 Å². The van der Waals surface area contributed by atoms with Crippen molar-refractivity contribution in [3.05, 3.63) is 84.2 Å². The van der Waals surface area contributed by atoms with E-state index in [9.17, 15) is 19.6 Å². The second-order valence-electron chi connectivity index (χ2n) is 9.60. The number of carbonyl (C=O) groups is 1. The van der Waals surface area contributed by atoms with Gasteiger partial charge in [0.25, 0.3) is 5.91 Å². The molecule has 1 amide bonds. The minimum atomic E-state index is -0.574. The molecule has 2 aromatic carbocycles. The molecule has 1 aliphatic rings. The van der Waals surface area contributed by atoms with Gasteiger partial charge in [-0.05, 0) is 48.9 Å². The van der Waals surface area contributed by atoms with E-state index in [-0.39, 0.29) is 41.5 Å². The van der Waals surface area contributed by atoms with Crippen molar-refractivity contribution in [2.75, 3.05) is 37.0 Å². The van der Waals surface area contributed by atoms with E-state index in [0.29, 0.717) is 35.6 Å². The Balaban J connectivity index is 1.54. The van der Waals surface area contributed by atoms with Gasteiger partial charge in [0.05, 0.1) is 48.3 Å². The Morgan fingerprint density at radius 2 is 2.12 bits per heavy atom. The second-order valence-corrected chi connectivity index (χ2v) is 9.60. The van der Waals surface area contributed by atoms with Crippen LogP contribution in [-0.2, 0) is 0 Å². The molecule has 41 heavy (non-hydrogen) atoms. The molecular weight excluding hydrogens is 525 g/mol. The van der Waals surface area contributed by atoms with Gasteiger partial charge in [0.2, 0.25) is 0 Å². The number of rotatable bonds is 7. The van der Waals surface area contributed by atoms with Crippen molar-refractivity contribution in [2.24, 2.45) is 0 Å². The number of nitriles is 1. The minimum Gasteiger partial charge on any atom is -0.496 e. The highest BCUT2D eigenvalue weighted by Crippen LogP contribution is 2.35. The number of pyridine rings is 1. The first-order chi connectivity index (χ1) is 19.9. The van der Waals surface area contributed by atoms with Crippen molar-refractivity contribution in [3.63, 3.8) is 0 Å². The zero-order valence-electron chi connectivity index (χ0n) is 22.5. The molecule has 1 fully saturated rings. The number of aliphatic hydroxyl groups excluding tert-OH is 1. The van der Waals surface area contributed by atoms with E-state index < -0.39 is 11.7 Å². The molecule has 0 saturated carbocycles. The highest BCUT2D eigenvalue weighted by molar-refractivity contribution is 6.05. The summed E-state index contributed by atoms with van der Waals surface area (Å²) in [4.78, 5) is 28.2. The van der Waals surface area contributed by atoms with E-state index >= 15 is 0 Å². The van der Waals surface area contributed by atoms with Gasteiger partial charge in [0, 0.05) is 43.3 Å². The van der Waals surface area contributed by atoms with Gasteiger partial charge in [0.1, 0.15) is 17.3 Å². The lowest BCUT2D eigenvalue weighted by Gasteiger charge is -2.41. The fourth-order valence-corrected chi connectivity index (χ4v) is 4.86. The van der Waals surface area contributed by atoms with Crippen LogP contribution >= 0.6 is 0 Å². The van der Waals surface area contributed by atoms with Gasteiger partial charge in [-0.2, -0.15) is 5.26 Å². The molecule has 1 aliphatic heterocycles. The van der Waals surface area contributed by atoms with Crippen LogP contribution in [-0.4, -0.2) is 64.9 Å². The monoisotopic (exact) mass is 553 g/mol. The molecule has 2 aromatic heterocycles. The lowest BCUT2D eigenvalue weighted by atomic mass is 10.00. The number of amides is 1. The van der Waals surface area contributed by atoms with Gasteiger partial charge in [-0.25, -0.2) is 14.4 Å².